The Morgan fingerprint density at radius 2 is 0.750 bits per heavy atom. The molecule has 0 aromatic carbocycles. The minimum Gasteiger partial charge on any atom is -0.481 e. The van der Waals surface area contributed by atoms with Crippen LogP contribution in [-0.4, -0.2) is 23.1 Å². The third-order valence-electron chi connectivity index (χ3n) is 9.99. The molecule has 0 saturated carbocycles. The number of carbonyl (C=O) groups is 2. The second-order valence-electron chi connectivity index (χ2n) is 14.9. The molecule has 1 N–H and O–H groups in total. The second-order valence-corrected chi connectivity index (χ2v) is 14.9. The van der Waals surface area contributed by atoms with Crippen molar-refractivity contribution in [3.05, 3.63) is 12.2 Å². The highest BCUT2D eigenvalue weighted by atomic mass is 16.5. The number of rotatable bonds is 40. The smallest absolute Gasteiger partial charge is 0.306 e. The average Bonchev–Trinajstić information content (AvgIpc) is 3.07. The van der Waals surface area contributed by atoms with Gasteiger partial charge in [-0.2, -0.15) is 0 Å². The van der Waals surface area contributed by atoms with E-state index >= 15 is 0 Å². The van der Waals surface area contributed by atoms with Crippen molar-refractivity contribution in [1.82, 2.24) is 0 Å². The minimum atomic E-state index is -0.663. The van der Waals surface area contributed by atoms with Gasteiger partial charge in [0.25, 0.3) is 0 Å². The molecule has 0 aromatic heterocycles. The van der Waals surface area contributed by atoms with Crippen molar-refractivity contribution >= 4 is 11.9 Å². The van der Waals surface area contributed by atoms with Gasteiger partial charge in [0.15, 0.2) is 0 Å². The summed E-state index contributed by atoms with van der Waals surface area (Å²) in [6, 6.07) is 0. The first-order chi connectivity index (χ1) is 23.6. The Bertz CT molecular complexity index is 687. The molecule has 0 saturated heterocycles. The van der Waals surface area contributed by atoms with Crippen LogP contribution in [0.4, 0.5) is 0 Å². The molecule has 0 aromatic rings. The Morgan fingerprint density at radius 1 is 0.438 bits per heavy atom. The summed E-state index contributed by atoms with van der Waals surface area (Å²) >= 11 is 0. The molecule has 0 aliphatic heterocycles. The van der Waals surface area contributed by atoms with E-state index in [1.54, 1.807) is 0 Å². The number of hydrogen-bond donors (Lipinski definition) is 1. The third-order valence-corrected chi connectivity index (χ3v) is 9.99. The lowest BCUT2D eigenvalue weighted by molar-refractivity contribution is -0.150. The zero-order valence-electron chi connectivity index (χ0n) is 32.6. The van der Waals surface area contributed by atoms with E-state index < -0.39 is 5.97 Å². The van der Waals surface area contributed by atoms with Gasteiger partial charge in [0.2, 0.25) is 0 Å². The molecule has 0 rings (SSSR count). The van der Waals surface area contributed by atoms with Crippen LogP contribution in [0.2, 0.25) is 0 Å². The van der Waals surface area contributed by atoms with Gasteiger partial charge >= 0.3 is 11.9 Å². The number of carboxylic acids is 1. The van der Waals surface area contributed by atoms with E-state index in [9.17, 15) is 9.59 Å². The summed E-state index contributed by atoms with van der Waals surface area (Å²) in [5.41, 5.74) is 0. The largest absolute Gasteiger partial charge is 0.481 e. The van der Waals surface area contributed by atoms with Gasteiger partial charge in [-0.1, -0.05) is 187 Å². The Kier molecular flexibility index (Phi) is 39.0. The number of esters is 1. The molecule has 1 unspecified atom stereocenters. The molecule has 0 aliphatic rings. The monoisotopic (exact) mass is 677 g/mol. The van der Waals surface area contributed by atoms with Crippen molar-refractivity contribution in [2.45, 2.75) is 258 Å². The van der Waals surface area contributed by atoms with Crippen LogP contribution in [0.5, 0.6) is 0 Å². The molecule has 0 spiro atoms. The highest BCUT2D eigenvalue weighted by Crippen LogP contribution is 2.19. The number of hydrogen-bond acceptors (Lipinski definition) is 3. The fourth-order valence-electron chi connectivity index (χ4n) is 6.77. The van der Waals surface area contributed by atoms with E-state index in [1.165, 1.54) is 186 Å². The lowest BCUT2D eigenvalue weighted by Gasteiger charge is -2.18. The van der Waals surface area contributed by atoms with Gasteiger partial charge < -0.3 is 9.84 Å². The Balaban J connectivity index is 3.67. The van der Waals surface area contributed by atoms with E-state index in [0.717, 1.165) is 38.5 Å². The van der Waals surface area contributed by atoms with Gasteiger partial charge in [0.1, 0.15) is 6.10 Å². The summed E-state index contributed by atoms with van der Waals surface area (Å²) in [7, 11) is 0. The summed E-state index contributed by atoms with van der Waals surface area (Å²) in [6.45, 7) is 4.52. The topological polar surface area (TPSA) is 63.6 Å². The number of allylic oxidation sites excluding steroid dienone is 2. The van der Waals surface area contributed by atoms with Crippen LogP contribution in [0, 0.1) is 0 Å². The predicted octanol–water partition coefficient (Wildman–Crippen LogP) is 15.0. The lowest BCUT2D eigenvalue weighted by Crippen LogP contribution is -2.18. The van der Waals surface area contributed by atoms with Crippen molar-refractivity contribution in [1.29, 1.82) is 0 Å². The number of ether oxygens (including phenoxy) is 1. The minimum absolute atomic E-state index is 0.0417. The fraction of sp³-hybridized carbons (Fsp3) is 0.909. The average molecular weight is 677 g/mol. The summed E-state index contributed by atoms with van der Waals surface area (Å²) in [6.07, 6.45) is 50.0. The first-order valence-electron chi connectivity index (χ1n) is 21.7. The van der Waals surface area contributed by atoms with Gasteiger partial charge in [-0.05, 0) is 64.2 Å². The lowest BCUT2D eigenvalue weighted by atomic mass is 10.0. The second kappa shape index (κ2) is 40.1. The Hall–Kier alpha value is -1.32. The van der Waals surface area contributed by atoms with Crippen LogP contribution >= 0.6 is 0 Å². The number of carbonyl (C=O) groups excluding carboxylic acids is 1. The van der Waals surface area contributed by atoms with Crippen LogP contribution in [-0.2, 0) is 14.3 Å². The van der Waals surface area contributed by atoms with Crippen molar-refractivity contribution in [2.24, 2.45) is 0 Å². The fourth-order valence-corrected chi connectivity index (χ4v) is 6.77. The molecule has 4 heteroatoms. The van der Waals surface area contributed by atoms with Crippen molar-refractivity contribution < 1.29 is 19.4 Å². The molecule has 0 amide bonds. The van der Waals surface area contributed by atoms with Gasteiger partial charge in [-0.3, -0.25) is 9.59 Å². The molecule has 48 heavy (non-hydrogen) atoms. The molecule has 0 radical (unpaired) electrons. The van der Waals surface area contributed by atoms with Crippen molar-refractivity contribution in [3.63, 3.8) is 0 Å². The quantitative estimate of drug-likeness (QED) is 0.0398. The number of aliphatic carboxylic acids is 1. The Labute approximate surface area is 300 Å². The molecule has 4 nitrogen and oxygen atoms in total. The van der Waals surface area contributed by atoms with Crippen LogP contribution in [0.15, 0.2) is 12.2 Å². The maximum atomic E-state index is 12.6. The van der Waals surface area contributed by atoms with E-state index in [0.29, 0.717) is 12.8 Å². The third kappa shape index (κ3) is 39.1. The van der Waals surface area contributed by atoms with Crippen LogP contribution < -0.4 is 0 Å². The Morgan fingerprint density at radius 3 is 1.17 bits per heavy atom. The standard InChI is InChI=1S/C44H84O4/c1-3-5-7-8-9-10-11-12-13-14-18-21-24-27-30-33-37-41-44(47)48-42(38-34-6-4-2)39-35-31-28-25-22-19-16-15-17-20-23-26-29-32-36-40-43(45)46/h12-13,42H,3-11,14-41H2,1-2H3,(H,45,46)/b13-12-. The summed E-state index contributed by atoms with van der Waals surface area (Å²) in [5, 5.41) is 8.68. The summed E-state index contributed by atoms with van der Waals surface area (Å²) in [4.78, 5) is 23.1. The number of unbranched alkanes of at least 4 members (excludes halogenated alkanes) is 29. The van der Waals surface area contributed by atoms with Gasteiger partial charge in [-0.25, -0.2) is 0 Å². The first kappa shape index (κ1) is 46.7. The van der Waals surface area contributed by atoms with Crippen LogP contribution in [0.1, 0.15) is 251 Å². The highest BCUT2D eigenvalue weighted by molar-refractivity contribution is 5.69. The predicted molar refractivity (Wildman–Crippen MR) is 209 cm³/mol. The molecule has 0 bridgehead atoms. The molecule has 1 atom stereocenters. The van der Waals surface area contributed by atoms with Crippen LogP contribution in [0.3, 0.4) is 0 Å². The molecular formula is C44H84O4. The maximum absolute atomic E-state index is 12.6. The van der Waals surface area contributed by atoms with E-state index in [-0.39, 0.29) is 12.1 Å². The van der Waals surface area contributed by atoms with Crippen molar-refractivity contribution in [3.8, 4) is 0 Å². The van der Waals surface area contributed by atoms with E-state index in [1.807, 2.05) is 0 Å². The first-order valence-corrected chi connectivity index (χ1v) is 21.7. The normalized spacial score (nSPS) is 12.2. The van der Waals surface area contributed by atoms with E-state index in [2.05, 4.69) is 26.0 Å². The molecule has 0 fully saturated rings. The van der Waals surface area contributed by atoms with Gasteiger partial charge in [0.05, 0.1) is 0 Å². The maximum Gasteiger partial charge on any atom is 0.306 e. The summed E-state index contributed by atoms with van der Waals surface area (Å²) in [5.74, 6) is -0.621. The zero-order valence-corrected chi connectivity index (χ0v) is 32.6. The highest BCUT2D eigenvalue weighted by Gasteiger charge is 2.14. The van der Waals surface area contributed by atoms with Gasteiger partial charge in [-0.15, -0.1) is 0 Å². The SMILES string of the molecule is CCCCCCCC/C=C\CCCCCCCCCC(=O)OC(CCCCC)CCCCCCCCCCCCCCCCCC(=O)O. The van der Waals surface area contributed by atoms with Crippen molar-refractivity contribution in [2.75, 3.05) is 0 Å². The molecule has 284 valence electrons. The summed E-state index contributed by atoms with van der Waals surface area (Å²) < 4.78 is 5.99. The van der Waals surface area contributed by atoms with Gasteiger partial charge in [0, 0.05) is 12.8 Å². The van der Waals surface area contributed by atoms with Crippen LogP contribution in [0.25, 0.3) is 0 Å². The molecule has 0 heterocycles. The number of carboxylic acid groups (broad SMARTS) is 1. The van der Waals surface area contributed by atoms with E-state index in [4.69, 9.17) is 9.84 Å². The molecule has 0 aliphatic carbocycles. The zero-order chi connectivity index (χ0) is 35.0. The molecular weight excluding hydrogens is 592 g/mol.